The molecule has 12 heavy (non-hydrogen) atoms. The van der Waals surface area contributed by atoms with E-state index in [0.29, 0.717) is 0 Å². The van der Waals surface area contributed by atoms with E-state index >= 15 is 0 Å². The van der Waals surface area contributed by atoms with Gasteiger partial charge in [0, 0.05) is 0 Å². The standard InChI is InChI=1S/C8H17NO2S/c1-6(5-12-3)8(11)7(4-10)9-2/h4,6-9,11H,5H2,1-3H3/t6-,7-,8-/m1/s1. The van der Waals surface area contributed by atoms with Crippen LogP contribution in [0.3, 0.4) is 0 Å². The van der Waals surface area contributed by atoms with Crippen molar-refractivity contribution >= 4 is 18.0 Å². The molecule has 0 unspecified atom stereocenters. The van der Waals surface area contributed by atoms with Gasteiger partial charge in [0.05, 0.1) is 12.1 Å². The number of nitrogens with one attached hydrogen (secondary N) is 1. The van der Waals surface area contributed by atoms with E-state index in [0.717, 1.165) is 12.0 Å². The number of aliphatic hydroxyl groups excluding tert-OH is 1. The minimum absolute atomic E-state index is 0.141. The fraction of sp³-hybridized carbons (Fsp3) is 0.875. The van der Waals surface area contributed by atoms with Gasteiger partial charge in [-0.3, -0.25) is 0 Å². The van der Waals surface area contributed by atoms with Crippen LogP contribution in [0, 0.1) is 5.92 Å². The van der Waals surface area contributed by atoms with Crippen LogP contribution in [0.4, 0.5) is 0 Å². The number of aldehydes is 1. The Labute approximate surface area is 77.9 Å². The van der Waals surface area contributed by atoms with Gasteiger partial charge in [-0.05, 0) is 25.0 Å². The van der Waals surface area contributed by atoms with Crippen molar-refractivity contribution in [1.82, 2.24) is 5.32 Å². The second-order valence-corrected chi connectivity index (χ2v) is 3.78. The molecule has 3 atom stereocenters. The van der Waals surface area contributed by atoms with Gasteiger partial charge < -0.3 is 15.2 Å². The normalized spacial score (nSPS) is 18.3. The zero-order chi connectivity index (χ0) is 9.56. The Balaban J connectivity index is 3.95. The molecule has 0 spiro atoms. The summed E-state index contributed by atoms with van der Waals surface area (Å²) in [6.07, 6.45) is 2.15. The van der Waals surface area contributed by atoms with Crippen LogP contribution in [0.1, 0.15) is 6.92 Å². The number of likely N-dealkylation sites (N-methyl/N-ethyl adjacent to an activating group) is 1. The Hall–Kier alpha value is -0.0600. The van der Waals surface area contributed by atoms with Gasteiger partial charge in [0.15, 0.2) is 0 Å². The smallest absolute Gasteiger partial charge is 0.139 e. The van der Waals surface area contributed by atoms with Crippen LogP contribution in [0.25, 0.3) is 0 Å². The van der Waals surface area contributed by atoms with Crippen LogP contribution in [0.15, 0.2) is 0 Å². The predicted molar refractivity (Wildman–Crippen MR) is 52.5 cm³/mol. The van der Waals surface area contributed by atoms with Gasteiger partial charge in [-0.2, -0.15) is 11.8 Å². The lowest BCUT2D eigenvalue weighted by Crippen LogP contribution is -2.43. The van der Waals surface area contributed by atoms with Crippen molar-refractivity contribution in [2.45, 2.75) is 19.1 Å². The summed E-state index contributed by atoms with van der Waals surface area (Å²) in [5.74, 6) is 1.01. The first-order valence-electron chi connectivity index (χ1n) is 3.97. The van der Waals surface area contributed by atoms with Gasteiger partial charge in [0.2, 0.25) is 0 Å². The Morgan fingerprint density at radius 3 is 2.58 bits per heavy atom. The van der Waals surface area contributed by atoms with Crippen LogP contribution in [-0.2, 0) is 4.79 Å². The summed E-state index contributed by atoms with van der Waals surface area (Å²) < 4.78 is 0. The van der Waals surface area contributed by atoms with Crippen LogP contribution in [-0.4, -0.2) is 42.6 Å². The summed E-state index contributed by atoms with van der Waals surface area (Å²) in [5, 5.41) is 12.4. The fourth-order valence-electron chi connectivity index (χ4n) is 1.03. The number of thioether (sulfide) groups is 1. The summed E-state index contributed by atoms with van der Waals surface area (Å²) in [4.78, 5) is 10.5. The lowest BCUT2D eigenvalue weighted by molar-refractivity contribution is -0.112. The molecule has 0 saturated heterocycles. The third-order valence-electron chi connectivity index (χ3n) is 1.86. The molecule has 72 valence electrons. The molecule has 0 fully saturated rings. The molecular weight excluding hydrogens is 174 g/mol. The third-order valence-corrected chi connectivity index (χ3v) is 2.72. The molecular formula is C8H17NO2S. The van der Waals surface area contributed by atoms with E-state index in [1.165, 1.54) is 0 Å². The molecule has 0 aliphatic rings. The minimum Gasteiger partial charge on any atom is -0.391 e. The Morgan fingerprint density at radius 1 is 1.67 bits per heavy atom. The third kappa shape index (κ3) is 3.56. The monoisotopic (exact) mass is 191 g/mol. The topological polar surface area (TPSA) is 49.3 Å². The predicted octanol–water partition coefficient (Wildman–Crippen LogP) is 0.133. The first-order chi connectivity index (χ1) is 5.67. The first kappa shape index (κ1) is 11.9. The van der Waals surface area contributed by atoms with Gasteiger partial charge in [0.1, 0.15) is 6.29 Å². The zero-order valence-corrected chi connectivity index (χ0v) is 8.60. The number of hydrogen-bond donors (Lipinski definition) is 2. The van der Waals surface area contributed by atoms with Crippen molar-refractivity contribution in [3.8, 4) is 0 Å². The first-order valence-corrected chi connectivity index (χ1v) is 5.36. The van der Waals surface area contributed by atoms with Gasteiger partial charge in [-0.15, -0.1) is 0 Å². The molecule has 0 rings (SSSR count). The Kier molecular flexibility index (Phi) is 6.42. The highest BCUT2D eigenvalue weighted by Gasteiger charge is 2.22. The molecule has 0 saturated carbocycles. The lowest BCUT2D eigenvalue weighted by Gasteiger charge is -2.22. The highest BCUT2D eigenvalue weighted by molar-refractivity contribution is 7.98. The van der Waals surface area contributed by atoms with Crippen LogP contribution < -0.4 is 5.32 Å². The summed E-state index contributed by atoms with van der Waals surface area (Å²) in [6.45, 7) is 1.94. The van der Waals surface area contributed by atoms with E-state index in [1.54, 1.807) is 18.8 Å². The van der Waals surface area contributed by atoms with Crippen molar-refractivity contribution in [2.24, 2.45) is 5.92 Å². The number of carbonyl (C=O) groups excluding carboxylic acids is 1. The maximum atomic E-state index is 10.5. The Morgan fingerprint density at radius 2 is 2.25 bits per heavy atom. The van der Waals surface area contributed by atoms with Gasteiger partial charge in [-0.25, -0.2) is 0 Å². The van der Waals surface area contributed by atoms with Crippen molar-refractivity contribution in [3.63, 3.8) is 0 Å². The molecule has 0 bridgehead atoms. The van der Waals surface area contributed by atoms with Gasteiger partial charge in [-0.1, -0.05) is 6.92 Å². The number of aliphatic hydroxyl groups is 1. The number of rotatable bonds is 6. The molecule has 0 aromatic rings. The SMILES string of the molecule is CN[C@H](C=O)[C@H](O)[C@H](C)CSC. The van der Waals surface area contributed by atoms with Gasteiger partial charge in [0.25, 0.3) is 0 Å². The summed E-state index contributed by atoms with van der Waals surface area (Å²) >= 11 is 1.67. The molecule has 4 heteroatoms. The van der Waals surface area contributed by atoms with Crippen molar-refractivity contribution in [2.75, 3.05) is 19.1 Å². The van der Waals surface area contributed by atoms with E-state index in [1.807, 2.05) is 13.2 Å². The molecule has 0 aromatic heterocycles. The zero-order valence-electron chi connectivity index (χ0n) is 7.78. The summed E-state index contributed by atoms with van der Waals surface area (Å²) in [5.41, 5.74) is 0. The van der Waals surface area contributed by atoms with Crippen molar-refractivity contribution < 1.29 is 9.90 Å². The van der Waals surface area contributed by atoms with E-state index in [-0.39, 0.29) is 5.92 Å². The maximum Gasteiger partial charge on any atom is 0.139 e. The maximum absolute atomic E-state index is 10.5. The lowest BCUT2D eigenvalue weighted by atomic mass is 10.0. The minimum atomic E-state index is -0.583. The van der Waals surface area contributed by atoms with Crippen LogP contribution in [0.5, 0.6) is 0 Å². The largest absolute Gasteiger partial charge is 0.391 e. The van der Waals surface area contributed by atoms with E-state index in [9.17, 15) is 9.90 Å². The average Bonchev–Trinajstić information content (AvgIpc) is 2.07. The Bertz CT molecular complexity index is 132. The second-order valence-electron chi connectivity index (χ2n) is 2.87. The fourth-order valence-corrected chi connectivity index (χ4v) is 1.76. The number of hydrogen-bond acceptors (Lipinski definition) is 4. The highest BCUT2D eigenvalue weighted by atomic mass is 32.2. The molecule has 0 radical (unpaired) electrons. The van der Waals surface area contributed by atoms with E-state index in [2.05, 4.69) is 5.32 Å². The van der Waals surface area contributed by atoms with Crippen molar-refractivity contribution in [1.29, 1.82) is 0 Å². The molecule has 0 heterocycles. The quantitative estimate of drug-likeness (QED) is 0.586. The highest BCUT2D eigenvalue weighted by Crippen LogP contribution is 2.11. The van der Waals surface area contributed by atoms with E-state index < -0.39 is 12.1 Å². The van der Waals surface area contributed by atoms with E-state index in [4.69, 9.17) is 0 Å². The summed E-state index contributed by atoms with van der Waals surface area (Å²) in [7, 11) is 1.67. The van der Waals surface area contributed by atoms with Gasteiger partial charge >= 0.3 is 0 Å². The second kappa shape index (κ2) is 6.46. The van der Waals surface area contributed by atoms with Crippen LogP contribution >= 0.6 is 11.8 Å². The average molecular weight is 191 g/mol. The number of carbonyl (C=O) groups is 1. The molecule has 0 aromatic carbocycles. The molecule has 3 nitrogen and oxygen atoms in total. The molecule has 2 N–H and O–H groups in total. The summed E-state index contributed by atoms with van der Waals surface area (Å²) in [6, 6.07) is -0.438. The van der Waals surface area contributed by atoms with Crippen molar-refractivity contribution in [3.05, 3.63) is 0 Å². The molecule has 0 aliphatic carbocycles. The van der Waals surface area contributed by atoms with Crippen LogP contribution in [0.2, 0.25) is 0 Å². The molecule has 0 amide bonds. The molecule has 0 aliphatic heterocycles.